The van der Waals surface area contributed by atoms with Crippen molar-refractivity contribution in [3.63, 3.8) is 0 Å². The highest BCUT2D eigenvalue weighted by Crippen LogP contribution is 2.37. The van der Waals surface area contributed by atoms with Gasteiger partial charge in [0.2, 0.25) is 0 Å². The molecule has 0 bridgehead atoms. The Balaban J connectivity index is 1.49. The zero-order chi connectivity index (χ0) is 17.6. The van der Waals surface area contributed by atoms with Crippen LogP contribution in [0.5, 0.6) is 0 Å². The molecule has 0 unspecified atom stereocenters. The van der Waals surface area contributed by atoms with Crippen molar-refractivity contribution < 1.29 is 13.6 Å². The van der Waals surface area contributed by atoms with Crippen LogP contribution >= 0.6 is 0 Å². The molecule has 0 spiro atoms. The van der Waals surface area contributed by atoms with Crippen molar-refractivity contribution in [1.82, 2.24) is 14.7 Å². The molecular weight excluding hydrogens is 326 g/mol. The van der Waals surface area contributed by atoms with E-state index in [0.717, 1.165) is 19.2 Å². The average Bonchev–Trinajstić information content (AvgIpc) is 3.22. The van der Waals surface area contributed by atoms with Gasteiger partial charge in [0.25, 0.3) is 0 Å². The van der Waals surface area contributed by atoms with Crippen molar-refractivity contribution in [2.75, 3.05) is 18.4 Å². The van der Waals surface area contributed by atoms with Gasteiger partial charge in [-0.25, -0.2) is 18.3 Å². The number of anilines is 1. The smallest absolute Gasteiger partial charge is 0.323 e. The van der Waals surface area contributed by atoms with Gasteiger partial charge in [0.15, 0.2) is 11.6 Å². The van der Waals surface area contributed by atoms with Gasteiger partial charge in [-0.05, 0) is 43.7 Å². The number of amides is 2. The number of aromatic nitrogens is 2. The molecule has 1 aromatic carbocycles. The van der Waals surface area contributed by atoms with E-state index in [-0.39, 0.29) is 11.7 Å². The molecule has 25 heavy (non-hydrogen) atoms. The molecule has 1 N–H and O–H groups in total. The number of nitrogens with zero attached hydrogens (tertiary/aromatic N) is 3. The van der Waals surface area contributed by atoms with E-state index in [2.05, 4.69) is 10.4 Å². The Kier molecular flexibility index (Phi) is 3.94. The van der Waals surface area contributed by atoms with Gasteiger partial charge in [0, 0.05) is 30.9 Å². The molecule has 1 saturated carbocycles. The Labute approximate surface area is 144 Å². The van der Waals surface area contributed by atoms with Crippen LogP contribution in [0, 0.1) is 30.4 Å². The van der Waals surface area contributed by atoms with Crippen LogP contribution in [0.15, 0.2) is 24.3 Å². The third kappa shape index (κ3) is 2.99. The Morgan fingerprint density at radius 3 is 2.60 bits per heavy atom. The Morgan fingerprint density at radius 1 is 1.20 bits per heavy atom. The van der Waals surface area contributed by atoms with Crippen molar-refractivity contribution in [2.45, 2.75) is 26.2 Å². The van der Waals surface area contributed by atoms with Gasteiger partial charge in [-0.2, -0.15) is 0 Å². The second kappa shape index (κ2) is 6.13. The van der Waals surface area contributed by atoms with Crippen LogP contribution in [0.4, 0.5) is 19.4 Å². The second-order valence-corrected chi connectivity index (χ2v) is 6.96. The van der Waals surface area contributed by atoms with Gasteiger partial charge < -0.3 is 4.90 Å². The lowest BCUT2D eigenvalue weighted by Crippen LogP contribution is -2.33. The minimum atomic E-state index is -0.698. The zero-order valence-electron chi connectivity index (χ0n) is 14.0. The number of benzene rings is 1. The largest absolute Gasteiger partial charge is 0.324 e. The minimum Gasteiger partial charge on any atom is -0.324 e. The number of hydrogen-bond acceptors (Lipinski definition) is 2. The van der Waals surface area contributed by atoms with Crippen molar-refractivity contribution in [2.24, 2.45) is 11.8 Å². The average molecular weight is 346 g/mol. The second-order valence-electron chi connectivity index (χ2n) is 6.96. The van der Waals surface area contributed by atoms with E-state index in [1.807, 2.05) is 4.90 Å². The minimum absolute atomic E-state index is 0.148. The summed E-state index contributed by atoms with van der Waals surface area (Å²) < 4.78 is 28.4. The standard InChI is InChI=1S/C18H20F2N4O/c1-11-7-17(22-24(11)16-6-5-14(19)8-15(16)20)21-18(25)23-9-12-3-2-4-13(12)10-23/h5-8,12-13H,2-4,9-10H2,1H3,(H,21,22,25)/t12-,13+. The van der Waals surface area contributed by atoms with Crippen molar-refractivity contribution >= 4 is 11.8 Å². The first-order valence-corrected chi connectivity index (χ1v) is 8.59. The van der Waals surface area contributed by atoms with Crippen LogP contribution in [-0.4, -0.2) is 33.8 Å². The summed E-state index contributed by atoms with van der Waals surface area (Å²) in [5.41, 5.74) is 0.800. The number of fused-ring (bicyclic) bond motifs is 1. The maximum absolute atomic E-state index is 14.0. The number of nitrogens with one attached hydrogen (secondary N) is 1. The van der Waals surface area contributed by atoms with Crippen LogP contribution in [-0.2, 0) is 0 Å². The molecule has 2 heterocycles. The van der Waals surface area contributed by atoms with E-state index < -0.39 is 11.6 Å². The summed E-state index contributed by atoms with van der Waals surface area (Å²) in [4.78, 5) is 14.3. The van der Waals surface area contributed by atoms with Gasteiger partial charge in [-0.3, -0.25) is 5.32 Å². The molecule has 5 nitrogen and oxygen atoms in total. The lowest BCUT2D eigenvalue weighted by Gasteiger charge is -2.17. The lowest BCUT2D eigenvalue weighted by molar-refractivity contribution is 0.218. The molecule has 2 atom stereocenters. The molecule has 132 valence electrons. The molecule has 1 saturated heterocycles. The number of carbonyl (C=O) groups excluding carboxylic acids is 1. The van der Waals surface area contributed by atoms with Crippen LogP contribution < -0.4 is 5.32 Å². The summed E-state index contributed by atoms with van der Waals surface area (Å²) >= 11 is 0. The number of urea groups is 1. The summed E-state index contributed by atoms with van der Waals surface area (Å²) in [6, 6.07) is 4.84. The van der Waals surface area contributed by atoms with E-state index >= 15 is 0 Å². The first-order chi connectivity index (χ1) is 12.0. The molecule has 2 aromatic rings. The topological polar surface area (TPSA) is 50.2 Å². The van der Waals surface area contributed by atoms with Gasteiger partial charge in [0.1, 0.15) is 11.5 Å². The summed E-state index contributed by atoms with van der Waals surface area (Å²) in [6.07, 6.45) is 3.66. The predicted octanol–water partition coefficient (Wildman–Crippen LogP) is 3.72. The quantitative estimate of drug-likeness (QED) is 0.901. The number of aryl methyl sites for hydroxylation is 1. The van der Waals surface area contributed by atoms with E-state index in [0.29, 0.717) is 23.3 Å². The van der Waals surface area contributed by atoms with Crippen LogP contribution in [0.3, 0.4) is 0 Å². The molecule has 1 aromatic heterocycles. The number of hydrogen-bond donors (Lipinski definition) is 1. The molecular formula is C18H20F2N4O. The van der Waals surface area contributed by atoms with Crippen molar-refractivity contribution in [3.8, 4) is 5.69 Å². The number of rotatable bonds is 2. The van der Waals surface area contributed by atoms with E-state index in [9.17, 15) is 13.6 Å². The number of carbonyl (C=O) groups is 1. The fourth-order valence-corrected chi connectivity index (χ4v) is 4.02. The summed E-state index contributed by atoms with van der Waals surface area (Å²) in [5.74, 6) is 0.274. The molecule has 7 heteroatoms. The van der Waals surface area contributed by atoms with Crippen LogP contribution in [0.25, 0.3) is 5.69 Å². The number of halogens is 2. The number of likely N-dealkylation sites (tertiary alicyclic amines) is 1. The van der Waals surface area contributed by atoms with Gasteiger partial charge >= 0.3 is 6.03 Å². The molecule has 2 aliphatic rings. The highest BCUT2D eigenvalue weighted by molar-refractivity contribution is 5.88. The third-order valence-corrected chi connectivity index (χ3v) is 5.27. The zero-order valence-corrected chi connectivity index (χ0v) is 14.0. The van der Waals surface area contributed by atoms with E-state index in [1.54, 1.807) is 13.0 Å². The van der Waals surface area contributed by atoms with Crippen molar-refractivity contribution in [3.05, 3.63) is 41.6 Å². The highest BCUT2D eigenvalue weighted by atomic mass is 19.1. The molecule has 1 aliphatic carbocycles. The first-order valence-electron chi connectivity index (χ1n) is 8.59. The maximum Gasteiger partial charge on any atom is 0.323 e. The lowest BCUT2D eigenvalue weighted by atomic mass is 10.0. The van der Waals surface area contributed by atoms with E-state index in [1.165, 1.54) is 36.1 Å². The van der Waals surface area contributed by atoms with Gasteiger partial charge in [0.05, 0.1) is 0 Å². The molecule has 2 fully saturated rings. The van der Waals surface area contributed by atoms with Gasteiger partial charge in [-0.1, -0.05) is 6.42 Å². The Hall–Kier alpha value is -2.44. The Morgan fingerprint density at radius 2 is 1.92 bits per heavy atom. The fraction of sp³-hybridized carbons (Fsp3) is 0.444. The molecule has 2 amide bonds. The fourth-order valence-electron chi connectivity index (χ4n) is 4.02. The SMILES string of the molecule is Cc1cc(NC(=O)N2C[C@H]3CCC[C@H]3C2)nn1-c1ccc(F)cc1F. The monoisotopic (exact) mass is 346 g/mol. The van der Waals surface area contributed by atoms with Gasteiger partial charge in [-0.15, -0.1) is 5.10 Å². The highest BCUT2D eigenvalue weighted by Gasteiger charge is 2.38. The third-order valence-electron chi connectivity index (χ3n) is 5.27. The molecule has 4 rings (SSSR count). The van der Waals surface area contributed by atoms with Crippen LogP contribution in [0.2, 0.25) is 0 Å². The summed E-state index contributed by atoms with van der Waals surface area (Å²) in [5, 5.41) is 7.04. The molecule has 0 radical (unpaired) electrons. The normalized spacial score (nSPS) is 22.3. The Bertz CT molecular complexity index is 807. The van der Waals surface area contributed by atoms with E-state index in [4.69, 9.17) is 0 Å². The summed E-state index contributed by atoms with van der Waals surface area (Å²) in [7, 11) is 0. The maximum atomic E-state index is 14.0. The first kappa shape index (κ1) is 16.1. The van der Waals surface area contributed by atoms with Crippen LogP contribution in [0.1, 0.15) is 25.0 Å². The van der Waals surface area contributed by atoms with Crippen molar-refractivity contribution in [1.29, 1.82) is 0 Å². The molecule has 1 aliphatic heterocycles. The summed E-state index contributed by atoms with van der Waals surface area (Å²) in [6.45, 7) is 3.34. The predicted molar refractivity (Wildman–Crippen MR) is 89.6 cm³/mol.